The van der Waals surface area contributed by atoms with Crippen molar-refractivity contribution in [2.45, 2.75) is 13.1 Å². The lowest BCUT2D eigenvalue weighted by Crippen LogP contribution is -2.04. The fourth-order valence-corrected chi connectivity index (χ4v) is 2.45. The molecule has 1 aliphatic heterocycles. The molecule has 1 aliphatic rings. The van der Waals surface area contributed by atoms with E-state index in [1.54, 1.807) is 31.2 Å². The Bertz CT molecular complexity index is 936. The van der Waals surface area contributed by atoms with Gasteiger partial charge in [-0.3, -0.25) is 0 Å². The lowest BCUT2D eigenvalue weighted by molar-refractivity contribution is -0.137. The number of nitrogens with zero attached hydrogens (tertiary/aromatic N) is 1. The van der Waals surface area contributed by atoms with Crippen molar-refractivity contribution < 1.29 is 27.4 Å². The average Bonchev–Trinajstić information content (AvgIpc) is 2.86. The van der Waals surface area contributed by atoms with Crippen LogP contribution in [0.1, 0.15) is 18.1 Å². The first-order chi connectivity index (χ1) is 12.2. The highest BCUT2D eigenvalue weighted by molar-refractivity contribution is 6.32. The Morgan fingerprint density at radius 1 is 1.19 bits per heavy atom. The number of rotatable bonds is 3. The SMILES string of the molecule is CC1=NC(=Cc2cccc(Oc3ccc(C(F)(F)F)cc3Cl)c2)C(=O)O1. The molecule has 2 aromatic carbocycles. The van der Waals surface area contributed by atoms with Gasteiger partial charge in [-0.25, -0.2) is 9.79 Å². The number of alkyl halides is 3. The van der Waals surface area contributed by atoms with Crippen molar-refractivity contribution in [1.82, 2.24) is 0 Å². The number of halogens is 4. The highest BCUT2D eigenvalue weighted by Gasteiger charge is 2.31. The molecule has 0 saturated heterocycles. The third-order valence-electron chi connectivity index (χ3n) is 3.38. The first kappa shape index (κ1) is 18.0. The third-order valence-corrected chi connectivity index (χ3v) is 3.67. The number of hydrogen-bond acceptors (Lipinski definition) is 4. The van der Waals surface area contributed by atoms with Crippen LogP contribution in [0.3, 0.4) is 0 Å². The number of ether oxygens (including phenoxy) is 2. The molecule has 0 atom stereocenters. The predicted molar refractivity (Wildman–Crippen MR) is 90.1 cm³/mol. The van der Waals surface area contributed by atoms with Crippen molar-refractivity contribution in [2.24, 2.45) is 4.99 Å². The molecule has 8 heteroatoms. The minimum absolute atomic E-state index is 0.0820. The van der Waals surface area contributed by atoms with E-state index >= 15 is 0 Å². The number of carbonyl (C=O) groups excluding carboxylic acids is 1. The fraction of sp³-hybridized carbons (Fsp3) is 0.111. The molecule has 26 heavy (non-hydrogen) atoms. The molecule has 0 fully saturated rings. The van der Waals surface area contributed by atoms with Gasteiger partial charge in [-0.2, -0.15) is 13.2 Å². The Morgan fingerprint density at radius 2 is 1.96 bits per heavy atom. The van der Waals surface area contributed by atoms with Crippen molar-refractivity contribution in [1.29, 1.82) is 0 Å². The largest absolute Gasteiger partial charge is 0.456 e. The van der Waals surface area contributed by atoms with Crippen LogP contribution >= 0.6 is 11.6 Å². The molecule has 0 radical (unpaired) electrons. The molecule has 134 valence electrons. The maximum absolute atomic E-state index is 12.7. The molecule has 0 aliphatic carbocycles. The lowest BCUT2D eigenvalue weighted by atomic mass is 10.2. The summed E-state index contributed by atoms with van der Waals surface area (Å²) in [6.45, 7) is 1.56. The normalized spacial score (nSPS) is 15.8. The predicted octanol–water partition coefficient (Wildman–Crippen LogP) is 5.47. The summed E-state index contributed by atoms with van der Waals surface area (Å²) in [4.78, 5) is 15.5. The van der Waals surface area contributed by atoms with E-state index in [0.29, 0.717) is 11.3 Å². The second kappa shape index (κ2) is 6.84. The summed E-state index contributed by atoms with van der Waals surface area (Å²) in [6, 6.07) is 9.42. The molecule has 0 spiro atoms. The summed E-state index contributed by atoms with van der Waals surface area (Å²) in [7, 11) is 0. The van der Waals surface area contributed by atoms with Crippen LogP contribution in [0, 0.1) is 0 Å². The summed E-state index contributed by atoms with van der Waals surface area (Å²) in [5, 5.41) is -0.164. The van der Waals surface area contributed by atoms with E-state index in [0.717, 1.165) is 18.2 Å². The number of aliphatic imine (C=N–C) groups is 1. The van der Waals surface area contributed by atoms with Gasteiger partial charge in [-0.15, -0.1) is 0 Å². The van der Waals surface area contributed by atoms with Gasteiger partial charge in [-0.1, -0.05) is 23.7 Å². The third kappa shape index (κ3) is 4.05. The van der Waals surface area contributed by atoms with E-state index in [2.05, 4.69) is 4.99 Å². The first-order valence-electron chi connectivity index (χ1n) is 7.36. The average molecular weight is 382 g/mol. The van der Waals surface area contributed by atoms with E-state index < -0.39 is 17.7 Å². The topological polar surface area (TPSA) is 47.9 Å². The monoisotopic (exact) mass is 381 g/mol. The van der Waals surface area contributed by atoms with E-state index in [-0.39, 0.29) is 22.4 Å². The van der Waals surface area contributed by atoms with E-state index in [4.69, 9.17) is 21.1 Å². The molecule has 1 heterocycles. The summed E-state index contributed by atoms with van der Waals surface area (Å²) < 4.78 is 48.4. The zero-order valence-electron chi connectivity index (χ0n) is 13.3. The number of hydrogen-bond donors (Lipinski definition) is 0. The second-order valence-corrected chi connectivity index (χ2v) is 5.77. The van der Waals surface area contributed by atoms with Gasteiger partial charge in [0.15, 0.2) is 11.6 Å². The van der Waals surface area contributed by atoms with Gasteiger partial charge in [0.25, 0.3) is 0 Å². The number of benzene rings is 2. The number of esters is 1. The Hall–Kier alpha value is -2.80. The Labute approximate surface area is 151 Å². The smallest absolute Gasteiger partial charge is 0.416 e. The molecular formula is C18H11ClF3NO3. The van der Waals surface area contributed by atoms with Crippen LogP contribution in [0.25, 0.3) is 6.08 Å². The summed E-state index contributed by atoms with van der Waals surface area (Å²) in [5.41, 5.74) is -0.107. The van der Waals surface area contributed by atoms with Crippen LogP contribution in [0.5, 0.6) is 11.5 Å². The minimum atomic E-state index is -4.48. The fourth-order valence-electron chi connectivity index (χ4n) is 2.23. The van der Waals surface area contributed by atoms with E-state index in [1.165, 1.54) is 6.08 Å². The number of carbonyl (C=O) groups is 1. The molecule has 0 amide bonds. The molecule has 0 saturated carbocycles. The Balaban J connectivity index is 1.84. The summed E-state index contributed by atoms with van der Waals surface area (Å²) in [5.74, 6) is 0.122. The molecule has 3 rings (SSSR count). The van der Waals surface area contributed by atoms with Gasteiger partial charge < -0.3 is 9.47 Å². The summed E-state index contributed by atoms with van der Waals surface area (Å²) >= 11 is 5.88. The molecule has 4 nitrogen and oxygen atoms in total. The van der Waals surface area contributed by atoms with Gasteiger partial charge in [0.1, 0.15) is 11.5 Å². The van der Waals surface area contributed by atoms with Crippen LogP contribution in [0.15, 0.2) is 53.2 Å². The second-order valence-electron chi connectivity index (χ2n) is 5.37. The molecule has 2 aromatic rings. The van der Waals surface area contributed by atoms with Crippen LogP contribution in [-0.4, -0.2) is 11.9 Å². The summed E-state index contributed by atoms with van der Waals surface area (Å²) in [6.07, 6.45) is -2.97. The maximum atomic E-state index is 12.7. The standard InChI is InChI=1S/C18H11ClF3NO3/c1-10-23-15(17(24)25-10)8-11-3-2-4-13(7-11)26-16-6-5-12(9-14(16)19)18(20,21)22/h2-9H,1H3. The molecule has 0 aromatic heterocycles. The Morgan fingerprint density at radius 3 is 2.58 bits per heavy atom. The molecule has 0 unspecified atom stereocenters. The maximum Gasteiger partial charge on any atom is 0.416 e. The van der Waals surface area contributed by atoms with Crippen LogP contribution in [0.4, 0.5) is 13.2 Å². The van der Waals surface area contributed by atoms with Crippen molar-refractivity contribution in [3.8, 4) is 11.5 Å². The Kier molecular flexibility index (Phi) is 4.73. The van der Waals surface area contributed by atoms with Gasteiger partial charge in [0, 0.05) is 6.92 Å². The van der Waals surface area contributed by atoms with Crippen LogP contribution < -0.4 is 4.74 Å². The zero-order valence-corrected chi connectivity index (χ0v) is 14.1. The van der Waals surface area contributed by atoms with Crippen LogP contribution in [0.2, 0.25) is 5.02 Å². The van der Waals surface area contributed by atoms with Gasteiger partial charge >= 0.3 is 12.1 Å². The van der Waals surface area contributed by atoms with Crippen molar-refractivity contribution in [2.75, 3.05) is 0 Å². The minimum Gasteiger partial charge on any atom is -0.456 e. The quantitative estimate of drug-likeness (QED) is 0.523. The van der Waals surface area contributed by atoms with Gasteiger partial charge in [-0.05, 0) is 42.0 Å². The first-order valence-corrected chi connectivity index (χ1v) is 7.74. The highest BCUT2D eigenvalue weighted by atomic mass is 35.5. The van der Waals surface area contributed by atoms with Gasteiger partial charge in [0.2, 0.25) is 0 Å². The molecule has 0 bridgehead atoms. The van der Waals surface area contributed by atoms with Gasteiger partial charge in [0.05, 0.1) is 10.6 Å². The zero-order chi connectivity index (χ0) is 18.9. The lowest BCUT2D eigenvalue weighted by Gasteiger charge is -2.11. The van der Waals surface area contributed by atoms with E-state index in [1.807, 2.05) is 0 Å². The van der Waals surface area contributed by atoms with E-state index in [9.17, 15) is 18.0 Å². The van der Waals surface area contributed by atoms with Crippen molar-refractivity contribution in [3.63, 3.8) is 0 Å². The number of cyclic esters (lactones) is 1. The highest BCUT2D eigenvalue weighted by Crippen LogP contribution is 2.36. The molecule has 0 N–H and O–H groups in total. The van der Waals surface area contributed by atoms with Crippen molar-refractivity contribution in [3.05, 3.63) is 64.3 Å². The van der Waals surface area contributed by atoms with Crippen LogP contribution in [-0.2, 0) is 15.7 Å². The van der Waals surface area contributed by atoms with Crippen molar-refractivity contribution >= 4 is 29.5 Å². The molecular weight excluding hydrogens is 371 g/mol.